The number of carbonyl (C=O) groups excluding carboxylic acids is 1. The largest absolute Gasteiger partial charge is 0.292 e. The molecule has 0 atom stereocenters. The summed E-state index contributed by atoms with van der Waals surface area (Å²) in [6.45, 7) is 8.06. The van der Waals surface area contributed by atoms with Gasteiger partial charge in [-0.1, -0.05) is 18.7 Å². The molecule has 2 rings (SSSR count). The number of rotatable bonds is 5. The SMILES string of the molecule is CCc1ccc(C(=O)CSc2nc(C)c(C)c(C)n2)s1. The maximum atomic E-state index is 12.1. The van der Waals surface area contributed by atoms with Gasteiger partial charge in [-0.3, -0.25) is 4.79 Å². The fraction of sp³-hybridized carbons (Fsp3) is 0.400. The van der Waals surface area contributed by atoms with Crippen LogP contribution in [0.1, 0.15) is 38.4 Å². The Bertz CT molecular complexity index is 612. The molecule has 20 heavy (non-hydrogen) atoms. The topological polar surface area (TPSA) is 42.9 Å². The second-order valence-electron chi connectivity index (χ2n) is 4.63. The number of hydrogen-bond donors (Lipinski definition) is 0. The van der Waals surface area contributed by atoms with Crippen LogP contribution in [0.25, 0.3) is 0 Å². The quantitative estimate of drug-likeness (QED) is 0.476. The van der Waals surface area contributed by atoms with Gasteiger partial charge in [0.1, 0.15) is 0 Å². The van der Waals surface area contributed by atoms with Crippen molar-refractivity contribution in [2.75, 3.05) is 5.75 Å². The van der Waals surface area contributed by atoms with Crippen LogP contribution in [0.3, 0.4) is 0 Å². The van der Waals surface area contributed by atoms with Gasteiger partial charge in [0.15, 0.2) is 10.9 Å². The second kappa shape index (κ2) is 6.50. The summed E-state index contributed by atoms with van der Waals surface area (Å²) in [5, 5.41) is 0.686. The molecular weight excluding hydrogens is 288 g/mol. The highest BCUT2D eigenvalue weighted by Crippen LogP contribution is 2.22. The zero-order valence-electron chi connectivity index (χ0n) is 12.2. The molecule has 0 spiro atoms. The summed E-state index contributed by atoms with van der Waals surface area (Å²) < 4.78 is 0. The normalized spacial score (nSPS) is 10.8. The van der Waals surface area contributed by atoms with Gasteiger partial charge in [0.2, 0.25) is 0 Å². The Kier molecular flexibility index (Phi) is 4.94. The van der Waals surface area contributed by atoms with Crippen LogP contribution in [0.4, 0.5) is 0 Å². The molecule has 0 amide bonds. The summed E-state index contributed by atoms with van der Waals surface area (Å²) in [6.07, 6.45) is 0.977. The molecule has 0 unspecified atom stereocenters. The Morgan fingerprint density at radius 3 is 2.40 bits per heavy atom. The molecule has 2 aromatic rings. The van der Waals surface area contributed by atoms with E-state index in [1.165, 1.54) is 16.6 Å². The molecular formula is C15H18N2OS2. The molecule has 0 saturated heterocycles. The molecule has 0 fully saturated rings. The Morgan fingerprint density at radius 1 is 1.20 bits per heavy atom. The first-order valence-electron chi connectivity index (χ1n) is 6.57. The van der Waals surface area contributed by atoms with Gasteiger partial charge < -0.3 is 0 Å². The Morgan fingerprint density at radius 2 is 1.85 bits per heavy atom. The number of aryl methyl sites for hydroxylation is 3. The van der Waals surface area contributed by atoms with Crippen molar-refractivity contribution in [1.29, 1.82) is 0 Å². The molecule has 0 N–H and O–H groups in total. The molecule has 0 aliphatic rings. The molecule has 0 aliphatic carbocycles. The summed E-state index contributed by atoms with van der Waals surface area (Å²) in [5.41, 5.74) is 3.08. The number of Topliss-reactive ketones (excluding diaryl/α,β-unsaturated/α-hetero) is 1. The first-order valence-corrected chi connectivity index (χ1v) is 8.38. The van der Waals surface area contributed by atoms with Crippen LogP contribution in [0.2, 0.25) is 0 Å². The van der Waals surface area contributed by atoms with Crippen molar-refractivity contribution in [3.05, 3.63) is 38.8 Å². The summed E-state index contributed by atoms with van der Waals surface area (Å²) in [4.78, 5) is 23.0. The molecule has 0 aliphatic heterocycles. The molecule has 0 aromatic carbocycles. The number of aromatic nitrogens is 2. The van der Waals surface area contributed by atoms with Crippen LogP contribution in [-0.2, 0) is 6.42 Å². The van der Waals surface area contributed by atoms with E-state index in [9.17, 15) is 4.79 Å². The van der Waals surface area contributed by atoms with Gasteiger partial charge in [-0.2, -0.15) is 0 Å². The zero-order chi connectivity index (χ0) is 14.7. The van der Waals surface area contributed by atoms with E-state index in [0.29, 0.717) is 10.9 Å². The van der Waals surface area contributed by atoms with E-state index < -0.39 is 0 Å². The Hall–Kier alpha value is -1.20. The Balaban J connectivity index is 2.03. The lowest BCUT2D eigenvalue weighted by Crippen LogP contribution is -2.03. The number of ketones is 1. The van der Waals surface area contributed by atoms with Crippen molar-refractivity contribution in [1.82, 2.24) is 9.97 Å². The van der Waals surface area contributed by atoms with Gasteiger partial charge in [-0.25, -0.2) is 9.97 Å². The standard InChI is InChI=1S/C15H18N2OS2/c1-5-12-6-7-14(20-12)13(18)8-19-15-16-10(3)9(2)11(4)17-15/h6-7H,5,8H2,1-4H3. The highest BCUT2D eigenvalue weighted by molar-refractivity contribution is 7.99. The van der Waals surface area contributed by atoms with Crippen molar-refractivity contribution in [2.45, 2.75) is 39.3 Å². The number of hydrogen-bond acceptors (Lipinski definition) is 5. The fourth-order valence-electron chi connectivity index (χ4n) is 1.73. The van der Waals surface area contributed by atoms with Crippen LogP contribution < -0.4 is 0 Å². The predicted molar refractivity (Wildman–Crippen MR) is 85.0 cm³/mol. The predicted octanol–water partition coefficient (Wildman–Crippen LogP) is 4.00. The van der Waals surface area contributed by atoms with Crippen molar-refractivity contribution in [2.24, 2.45) is 0 Å². The number of nitrogens with zero attached hydrogens (tertiary/aromatic N) is 2. The maximum Gasteiger partial charge on any atom is 0.188 e. The third-order valence-electron chi connectivity index (χ3n) is 3.23. The van der Waals surface area contributed by atoms with Crippen molar-refractivity contribution in [3.8, 4) is 0 Å². The van der Waals surface area contributed by atoms with Gasteiger partial charge in [-0.05, 0) is 44.9 Å². The molecule has 0 saturated carbocycles. The van der Waals surface area contributed by atoms with Gasteiger partial charge in [0.25, 0.3) is 0 Å². The lowest BCUT2D eigenvalue weighted by molar-refractivity contribution is 0.102. The summed E-state index contributed by atoms with van der Waals surface area (Å²) in [5.74, 6) is 0.546. The molecule has 2 heterocycles. The summed E-state index contributed by atoms with van der Waals surface area (Å²) in [7, 11) is 0. The lowest BCUT2D eigenvalue weighted by Gasteiger charge is -2.06. The highest BCUT2D eigenvalue weighted by Gasteiger charge is 2.12. The van der Waals surface area contributed by atoms with E-state index in [2.05, 4.69) is 16.9 Å². The highest BCUT2D eigenvalue weighted by atomic mass is 32.2. The smallest absolute Gasteiger partial charge is 0.188 e. The zero-order valence-corrected chi connectivity index (χ0v) is 13.8. The van der Waals surface area contributed by atoms with E-state index in [0.717, 1.165) is 28.2 Å². The first-order chi connectivity index (χ1) is 9.51. The molecule has 0 bridgehead atoms. The van der Waals surface area contributed by atoms with Gasteiger partial charge in [0.05, 0.1) is 10.6 Å². The van der Waals surface area contributed by atoms with Crippen molar-refractivity contribution < 1.29 is 4.79 Å². The third-order valence-corrected chi connectivity index (χ3v) is 5.35. The Labute approximate surface area is 127 Å². The second-order valence-corrected chi connectivity index (χ2v) is 6.74. The van der Waals surface area contributed by atoms with Crippen LogP contribution >= 0.6 is 23.1 Å². The van der Waals surface area contributed by atoms with Crippen LogP contribution in [0.5, 0.6) is 0 Å². The van der Waals surface area contributed by atoms with E-state index in [1.807, 2.05) is 32.9 Å². The minimum Gasteiger partial charge on any atom is -0.292 e. The fourth-order valence-corrected chi connectivity index (χ4v) is 3.52. The van der Waals surface area contributed by atoms with Crippen LogP contribution in [0.15, 0.2) is 17.3 Å². The lowest BCUT2D eigenvalue weighted by atomic mass is 10.2. The van der Waals surface area contributed by atoms with Crippen LogP contribution in [-0.4, -0.2) is 21.5 Å². The minimum absolute atomic E-state index is 0.152. The van der Waals surface area contributed by atoms with Gasteiger partial charge in [-0.15, -0.1) is 11.3 Å². The summed E-state index contributed by atoms with van der Waals surface area (Å²) in [6, 6.07) is 3.94. The first kappa shape index (κ1) is 15.2. The molecule has 2 aromatic heterocycles. The van der Waals surface area contributed by atoms with Crippen LogP contribution in [0, 0.1) is 20.8 Å². The van der Waals surface area contributed by atoms with E-state index in [4.69, 9.17) is 0 Å². The number of thioether (sulfide) groups is 1. The van der Waals surface area contributed by atoms with E-state index >= 15 is 0 Å². The molecule has 0 radical (unpaired) electrons. The minimum atomic E-state index is 0.152. The molecule has 106 valence electrons. The summed E-state index contributed by atoms with van der Waals surface area (Å²) >= 11 is 2.99. The third kappa shape index (κ3) is 3.46. The van der Waals surface area contributed by atoms with E-state index in [-0.39, 0.29) is 5.78 Å². The molecule has 5 heteroatoms. The van der Waals surface area contributed by atoms with E-state index in [1.54, 1.807) is 11.3 Å². The molecule has 3 nitrogen and oxygen atoms in total. The number of thiophene rings is 1. The van der Waals surface area contributed by atoms with Crippen molar-refractivity contribution in [3.63, 3.8) is 0 Å². The number of carbonyl (C=O) groups is 1. The van der Waals surface area contributed by atoms with Gasteiger partial charge in [0, 0.05) is 16.3 Å². The van der Waals surface area contributed by atoms with Crippen molar-refractivity contribution >= 4 is 28.9 Å². The van der Waals surface area contributed by atoms with Gasteiger partial charge >= 0.3 is 0 Å². The maximum absolute atomic E-state index is 12.1. The average Bonchev–Trinajstić information content (AvgIpc) is 2.91. The monoisotopic (exact) mass is 306 g/mol. The average molecular weight is 306 g/mol.